The van der Waals surface area contributed by atoms with Gasteiger partial charge in [-0.2, -0.15) is 5.26 Å². The molecule has 10 heteroatoms. The van der Waals surface area contributed by atoms with E-state index < -0.39 is 5.91 Å². The summed E-state index contributed by atoms with van der Waals surface area (Å²) in [7, 11) is 3.13. The van der Waals surface area contributed by atoms with Gasteiger partial charge >= 0.3 is 0 Å². The molecule has 3 rings (SSSR count). The second kappa shape index (κ2) is 13.7. The Morgan fingerprint density at radius 2 is 1.78 bits per heavy atom. The van der Waals surface area contributed by atoms with E-state index >= 15 is 0 Å². The van der Waals surface area contributed by atoms with Crippen LogP contribution in [0.5, 0.6) is 23.0 Å². The van der Waals surface area contributed by atoms with Gasteiger partial charge in [0, 0.05) is 6.42 Å². The molecule has 0 saturated heterocycles. The van der Waals surface area contributed by atoms with Crippen molar-refractivity contribution in [1.82, 2.24) is 10.2 Å². The van der Waals surface area contributed by atoms with Gasteiger partial charge in [0.05, 0.1) is 14.2 Å². The van der Waals surface area contributed by atoms with Crippen molar-refractivity contribution in [2.24, 2.45) is 0 Å². The molecule has 0 aliphatic heterocycles. The third-order valence-corrected chi connectivity index (χ3v) is 5.86. The molecule has 0 saturated carbocycles. The number of hydrogen-bond acceptors (Lipinski definition) is 9. The first kappa shape index (κ1) is 26.5. The number of methoxy groups -OCH3 is 2. The van der Waals surface area contributed by atoms with Gasteiger partial charge in [0.25, 0.3) is 5.91 Å². The average molecular weight is 509 g/mol. The number of hydrogen-bond donors (Lipinski definition) is 1. The van der Waals surface area contributed by atoms with E-state index in [4.69, 9.17) is 18.9 Å². The Morgan fingerprint density at radius 3 is 2.47 bits per heavy atom. The van der Waals surface area contributed by atoms with Crippen LogP contribution in [-0.2, 0) is 11.2 Å². The molecule has 2 aromatic carbocycles. The highest BCUT2D eigenvalue weighted by Crippen LogP contribution is 2.29. The predicted octanol–water partition coefficient (Wildman–Crippen LogP) is 4.90. The van der Waals surface area contributed by atoms with Crippen molar-refractivity contribution in [3.63, 3.8) is 0 Å². The Balaban J connectivity index is 1.58. The van der Waals surface area contributed by atoms with Gasteiger partial charge in [-0.1, -0.05) is 30.7 Å². The third-order valence-electron chi connectivity index (χ3n) is 4.96. The Hall–Kier alpha value is -4.10. The molecule has 0 aliphatic carbocycles. The van der Waals surface area contributed by atoms with Crippen molar-refractivity contribution in [3.8, 4) is 29.1 Å². The van der Waals surface area contributed by atoms with Crippen LogP contribution in [0.4, 0.5) is 5.13 Å². The first-order valence-corrected chi connectivity index (χ1v) is 12.2. The summed E-state index contributed by atoms with van der Waals surface area (Å²) in [5, 5.41) is 21.4. The first-order valence-electron chi connectivity index (χ1n) is 11.4. The van der Waals surface area contributed by atoms with Crippen molar-refractivity contribution in [2.75, 3.05) is 32.8 Å². The van der Waals surface area contributed by atoms with Crippen molar-refractivity contribution in [3.05, 3.63) is 58.6 Å². The van der Waals surface area contributed by atoms with Crippen molar-refractivity contribution in [1.29, 1.82) is 5.26 Å². The zero-order valence-electron chi connectivity index (χ0n) is 20.4. The number of anilines is 1. The normalized spacial score (nSPS) is 10.9. The molecule has 9 nitrogen and oxygen atoms in total. The molecule has 1 N–H and O–H groups in total. The number of carbonyl (C=O) groups is 1. The van der Waals surface area contributed by atoms with E-state index in [1.165, 1.54) is 24.5 Å². The Morgan fingerprint density at radius 1 is 1.03 bits per heavy atom. The van der Waals surface area contributed by atoms with Gasteiger partial charge in [-0.25, -0.2) is 0 Å². The minimum atomic E-state index is -0.550. The maximum atomic E-state index is 12.6. The number of nitriles is 1. The van der Waals surface area contributed by atoms with Gasteiger partial charge in [0.1, 0.15) is 41.4 Å². The van der Waals surface area contributed by atoms with Crippen molar-refractivity contribution >= 4 is 28.5 Å². The van der Waals surface area contributed by atoms with E-state index in [-0.39, 0.29) is 5.57 Å². The summed E-state index contributed by atoms with van der Waals surface area (Å²) >= 11 is 1.31. The van der Waals surface area contributed by atoms with E-state index in [1.54, 1.807) is 25.3 Å². The van der Waals surface area contributed by atoms with E-state index in [2.05, 4.69) is 22.4 Å². The lowest BCUT2D eigenvalue weighted by molar-refractivity contribution is -0.112. The van der Waals surface area contributed by atoms with Crippen LogP contribution in [0.15, 0.2) is 48.0 Å². The van der Waals surface area contributed by atoms with E-state index in [9.17, 15) is 10.1 Å². The SMILES string of the molecule is CCCCc1nnc(NC(=O)/C(C#N)=C\c2ccc(OCCOc3ccc(OC)cc3)c(OC)c2)s1. The molecule has 0 bridgehead atoms. The third kappa shape index (κ3) is 7.71. The van der Waals surface area contributed by atoms with Crippen LogP contribution < -0.4 is 24.3 Å². The van der Waals surface area contributed by atoms with Gasteiger partial charge < -0.3 is 18.9 Å². The molecule has 3 aromatic rings. The van der Waals surface area contributed by atoms with Crippen molar-refractivity contribution < 1.29 is 23.7 Å². The number of unbranched alkanes of at least 4 members (excludes halogenated alkanes) is 1. The van der Waals surface area contributed by atoms with E-state index in [0.717, 1.165) is 30.0 Å². The van der Waals surface area contributed by atoms with E-state index in [1.807, 2.05) is 30.3 Å². The number of benzene rings is 2. The molecule has 0 fully saturated rings. The molecule has 1 amide bonds. The molecule has 0 atom stereocenters. The maximum absolute atomic E-state index is 12.6. The smallest absolute Gasteiger partial charge is 0.268 e. The molecule has 1 aromatic heterocycles. The van der Waals surface area contributed by atoms with Crippen molar-refractivity contribution in [2.45, 2.75) is 26.2 Å². The lowest BCUT2D eigenvalue weighted by Crippen LogP contribution is -2.13. The summed E-state index contributed by atoms with van der Waals surface area (Å²) in [6, 6.07) is 14.4. The van der Waals surface area contributed by atoms with Crippen LogP contribution in [0.1, 0.15) is 30.3 Å². The quantitative estimate of drug-likeness (QED) is 0.197. The van der Waals surface area contributed by atoms with Gasteiger partial charge in [0.2, 0.25) is 5.13 Å². The molecule has 1 heterocycles. The van der Waals surface area contributed by atoms with Gasteiger partial charge in [-0.15, -0.1) is 10.2 Å². The van der Waals surface area contributed by atoms with E-state index in [0.29, 0.717) is 41.2 Å². The van der Waals surface area contributed by atoms with Crippen LogP contribution >= 0.6 is 11.3 Å². The van der Waals surface area contributed by atoms with Crippen LogP contribution in [0.2, 0.25) is 0 Å². The standard InChI is InChI=1S/C26H28N4O5S/c1-4-5-6-24-29-30-26(36-24)28-25(31)19(17-27)15-18-7-12-22(23(16-18)33-3)35-14-13-34-21-10-8-20(32-2)9-11-21/h7-12,15-16H,4-6,13-14H2,1-3H3,(H,28,30,31)/b19-15-. The minimum Gasteiger partial charge on any atom is -0.497 e. The highest BCUT2D eigenvalue weighted by atomic mass is 32.1. The summed E-state index contributed by atoms with van der Waals surface area (Å²) in [6.07, 6.45) is 4.34. The molecule has 0 unspecified atom stereocenters. The molecule has 36 heavy (non-hydrogen) atoms. The van der Waals surface area contributed by atoms with Gasteiger partial charge in [-0.05, 0) is 54.5 Å². The summed E-state index contributed by atoms with van der Waals surface area (Å²) in [4.78, 5) is 12.6. The summed E-state index contributed by atoms with van der Waals surface area (Å²) in [5.74, 6) is 1.90. The number of nitrogens with one attached hydrogen (secondary N) is 1. The topological polar surface area (TPSA) is 116 Å². The zero-order valence-corrected chi connectivity index (χ0v) is 21.3. The molecule has 0 aliphatic rings. The summed E-state index contributed by atoms with van der Waals surface area (Å²) in [5.41, 5.74) is 0.546. The van der Waals surface area contributed by atoms with Crippen LogP contribution in [-0.4, -0.2) is 43.5 Å². The predicted molar refractivity (Wildman–Crippen MR) is 138 cm³/mol. The minimum absolute atomic E-state index is 0.0658. The number of nitrogens with zero attached hydrogens (tertiary/aromatic N) is 3. The highest BCUT2D eigenvalue weighted by Gasteiger charge is 2.14. The molecule has 0 spiro atoms. The maximum Gasteiger partial charge on any atom is 0.268 e. The number of amides is 1. The van der Waals surface area contributed by atoms with Gasteiger partial charge in [-0.3, -0.25) is 10.1 Å². The number of ether oxygens (including phenoxy) is 4. The highest BCUT2D eigenvalue weighted by molar-refractivity contribution is 7.15. The first-order chi connectivity index (χ1) is 17.6. The molecular formula is C26H28N4O5S. The summed E-state index contributed by atoms with van der Waals surface area (Å²) < 4.78 is 22.0. The van der Waals surface area contributed by atoms with Crippen LogP contribution in [0, 0.1) is 11.3 Å². The summed E-state index contributed by atoms with van der Waals surface area (Å²) in [6.45, 7) is 2.73. The fourth-order valence-electron chi connectivity index (χ4n) is 3.09. The number of aromatic nitrogens is 2. The van der Waals surface area contributed by atoms with Gasteiger partial charge in [0.15, 0.2) is 11.5 Å². The molecule has 0 radical (unpaired) electrons. The lowest BCUT2D eigenvalue weighted by atomic mass is 10.1. The monoisotopic (exact) mass is 508 g/mol. The van der Waals surface area contributed by atoms with Crippen LogP contribution in [0.3, 0.4) is 0 Å². The fraction of sp³-hybridized carbons (Fsp3) is 0.308. The zero-order chi connectivity index (χ0) is 25.8. The number of rotatable bonds is 13. The Bertz CT molecular complexity index is 1220. The fourth-order valence-corrected chi connectivity index (χ4v) is 3.87. The molecular weight excluding hydrogens is 480 g/mol. The van der Waals surface area contributed by atoms with Crippen LogP contribution in [0.25, 0.3) is 6.08 Å². The lowest BCUT2D eigenvalue weighted by Gasteiger charge is -2.12. The number of carbonyl (C=O) groups excluding carboxylic acids is 1. The second-order valence-electron chi connectivity index (χ2n) is 7.51. The second-order valence-corrected chi connectivity index (χ2v) is 8.57. The largest absolute Gasteiger partial charge is 0.497 e. The average Bonchev–Trinajstić information content (AvgIpc) is 3.36. The Labute approximate surface area is 214 Å². The number of aryl methyl sites for hydroxylation is 1. The Kier molecular flexibility index (Phi) is 10.1. The molecule has 188 valence electrons.